The highest BCUT2D eigenvalue weighted by molar-refractivity contribution is 7.12. The van der Waals surface area contributed by atoms with Gasteiger partial charge in [-0.25, -0.2) is 8.78 Å². The standard InChI is InChI=1S/C14H15F2NS/c1-9-6-7-14(18-9)13(17-2)8-10-11(15)4-3-5-12(10)16/h3-7,13,17H,8H2,1-2H3. The Labute approximate surface area is 109 Å². The van der Waals surface area contributed by atoms with Gasteiger partial charge in [0.05, 0.1) is 0 Å². The Hall–Kier alpha value is -1.26. The fourth-order valence-corrected chi connectivity index (χ4v) is 2.90. The first kappa shape index (κ1) is 13.2. The molecule has 1 nitrogen and oxygen atoms in total. The van der Waals surface area contributed by atoms with Crippen molar-refractivity contribution in [2.24, 2.45) is 0 Å². The van der Waals surface area contributed by atoms with E-state index in [1.165, 1.54) is 23.1 Å². The van der Waals surface area contributed by atoms with Crippen molar-refractivity contribution in [3.05, 3.63) is 57.3 Å². The lowest BCUT2D eigenvalue weighted by Gasteiger charge is -2.15. The maximum atomic E-state index is 13.6. The van der Waals surface area contributed by atoms with Crippen LogP contribution in [0, 0.1) is 18.6 Å². The molecule has 4 heteroatoms. The molecular weight excluding hydrogens is 252 g/mol. The van der Waals surface area contributed by atoms with Crippen LogP contribution in [-0.4, -0.2) is 7.05 Å². The fourth-order valence-electron chi connectivity index (χ4n) is 1.92. The minimum atomic E-state index is -0.483. The molecule has 0 bridgehead atoms. The predicted molar refractivity (Wildman–Crippen MR) is 70.9 cm³/mol. The van der Waals surface area contributed by atoms with Crippen LogP contribution < -0.4 is 5.32 Å². The van der Waals surface area contributed by atoms with Crippen LogP contribution in [0.1, 0.15) is 21.4 Å². The second kappa shape index (κ2) is 5.59. The van der Waals surface area contributed by atoms with E-state index in [0.29, 0.717) is 6.42 Å². The number of nitrogens with one attached hydrogen (secondary N) is 1. The van der Waals surface area contributed by atoms with E-state index < -0.39 is 11.6 Å². The Kier molecular flexibility index (Phi) is 4.09. The molecular formula is C14H15F2NS. The Morgan fingerprint density at radius 2 is 1.83 bits per heavy atom. The maximum absolute atomic E-state index is 13.6. The van der Waals surface area contributed by atoms with E-state index in [9.17, 15) is 8.78 Å². The number of benzene rings is 1. The van der Waals surface area contributed by atoms with Crippen molar-refractivity contribution in [1.29, 1.82) is 0 Å². The van der Waals surface area contributed by atoms with E-state index in [1.807, 2.05) is 19.1 Å². The van der Waals surface area contributed by atoms with Gasteiger partial charge in [-0.3, -0.25) is 0 Å². The number of halogens is 2. The monoisotopic (exact) mass is 267 g/mol. The van der Waals surface area contributed by atoms with Crippen molar-refractivity contribution in [2.75, 3.05) is 7.05 Å². The van der Waals surface area contributed by atoms with Crippen molar-refractivity contribution >= 4 is 11.3 Å². The molecule has 1 N–H and O–H groups in total. The van der Waals surface area contributed by atoms with Crippen molar-refractivity contribution < 1.29 is 8.78 Å². The molecule has 0 amide bonds. The Bertz CT molecular complexity index is 516. The van der Waals surface area contributed by atoms with E-state index in [1.54, 1.807) is 18.4 Å². The Morgan fingerprint density at radius 3 is 2.33 bits per heavy atom. The van der Waals surface area contributed by atoms with Gasteiger partial charge in [0.2, 0.25) is 0 Å². The first-order valence-corrected chi connectivity index (χ1v) is 6.60. The van der Waals surface area contributed by atoms with Crippen LogP contribution in [0.15, 0.2) is 30.3 Å². The van der Waals surface area contributed by atoms with Crippen LogP contribution in [0.5, 0.6) is 0 Å². The van der Waals surface area contributed by atoms with Gasteiger partial charge in [-0.2, -0.15) is 0 Å². The molecule has 1 aromatic heterocycles. The number of rotatable bonds is 4. The lowest BCUT2D eigenvalue weighted by atomic mass is 10.0. The normalized spacial score (nSPS) is 12.7. The average Bonchev–Trinajstić information content (AvgIpc) is 2.76. The largest absolute Gasteiger partial charge is 0.312 e. The van der Waals surface area contributed by atoms with Crippen molar-refractivity contribution in [3.8, 4) is 0 Å². The highest BCUT2D eigenvalue weighted by atomic mass is 32.1. The smallest absolute Gasteiger partial charge is 0.129 e. The second-order valence-corrected chi connectivity index (χ2v) is 5.51. The quantitative estimate of drug-likeness (QED) is 0.887. The maximum Gasteiger partial charge on any atom is 0.129 e. The summed E-state index contributed by atoms with van der Waals surface area (Å²) in [6, 6.07) is 7.94. The third-order valence-electron chi connectivity index (χ3n) is 2.92. The summed E-state index contributed by atoms with van der Waals surface area (Å²) in [6.07, 6.45) is 0.314. The van der Waals surface area contributed by atoms with Gasteiger partial charge in [0.1, 0.15) is 11.6 Å². The minimum absolute atomic E-state index is 0.0601. The van der Waals surface area contributed by atoms with Gasteiger partial charge >= 0.3 is 0 Å². The van der Waals surface area contributed by atoms with Crippen LogP contribution in [0.2, 0.25) is 0 Å². The summed E-state index contributed by atoms with van der Waals surface area (Å²) < 4.78 is 27.2. The molecule has 0 radical (unpaired) electrons. The van der Waals surface area contributed by atoms with Gasteiger partial charge in [-0.05, 0) is 44.7 Å². The predicted octanol–water partition coefficient (Wildman–Crippen LogP) is 3.84. The summed E-state index contributed by atoms with van der Waals surface area (Å²) in [6.45, 7) is 2.02. The number of likely N-dealkylation sites (N-methyl/N-ethyl adjacent to an activating group) is 1. The molecule has 0 aliphatic rings. The Morgan fingerprint density at radius 1 is 1.17 bits per heavy atom. The van der Waals surface area contributed by atoms with Gasteiger partial charge in [0, 0.05) is 21.4 Å². The first-order chi connectivity index (χ1) is 8.61. The van der Waals surface area contributed by atoms with Gasteiger partial charge in [-0.1, -0.05) is 6.07 Å². The second-order valence-electron chi connectivity index (χ2n) is 4.19. The van der Waals surface area contributed by atoms with Crippen molar-refractivity contribution in [2.45, 2.75) is 19.4 Å². The molecule has 1 unspecified atom stereocenters. The summed E-state index contributed by atoms with van der Waals surface area (Å²) >= 11 is 1.64. The van der Waals surface area contributed by atoms with E-state index >= 15 is 0 Å². The molecule has 18 heavy (non-hydrogen) atoms. The number of hydrogen-bond donors (Lipinski definition) is 1. The van der Waals surface area contributed by atoms with Crippen LogP contribution in [0.25, 0.3) is 0 Å². The van der Waals surface area contributed by atoms with Crippen LogP contribution in [0.3, 0.4) is 0 Å². The third-order valence-corrected chi connectivity index (χ3v) is 4.04. The zero-order valence-corrected chi connectivity index (χ0v) is 11.2. The van der Waals surface area contributed by atoms with Gasteiger partial charge in [0.15, 0.2) is 0 Å². The van der Waals surface area contributed by atoms with E-state index in [4.69, 9.17) is 0 Å². The molecule has 0 saturated carbocycles. The van der Waals surface area contributed by atoms with Gasteiger partial charge < -0.3 is 5.32 Å². The van der Waals surface area contributed by atoms with E-state index in [2.05, 4.69) is 5.32 Å². The highest BCUT2D eigenvalue weighted by Crippen LogP contribution is 2.27. The van der Waals surface area contributed by atoms with E-state index in [0.717, 1.165) is 4.88 Å². The summed E-state index contributed by atoms with van der Waals surface area (Å²) in [7, 11) is 1.80. The lowest BCUT2D eigenvalue weighted by molar-refractivity contribution is 0.518. The van der Waals surface area contributed by atoms with Crippen molar-refractivity contribution in [1.82, 2.24) is 5.32 Å². The first-order valence-electron chi connectivity index (χ1n) is 5.78. The number of thiophene rings is 1. The van der Waals surface area contributed by atoms with Crippen LogP contribution in [0.4, 0.5) is 8.78 Å². The molecule has 1 atom stereocenters. The SMILES string of the molecule is CNC(Cc1c(F)cccc1F)c1ccc(C)s1. The van der Waals surface area contributed by atoms with Gasteiger partial charge in [-0.15, -0.1) is 11.3 Å². The molecule has 1 heterocycles. The number of aryl methyl sites for hydroxylation is 1. The van der Waals surface area contributed by atoms with E-state index in [-0.39, 0.29) is 11.6 Å². The molecule has 1 aromatic carbocycles. The van der Waals surface area contributed by atoms with Gasteiger partial charge in [0.25, 0.3) is 0 Å². The topological polar surface area (TPSA) is 12.0 Å². The molecule has 0 spiro atoms. The fraction of sp³-hybridized carbons (Fsp3) is 0.286. The number of hydrogen-bond acceptors (Lipinski definition) is 2. The summed E-state index contributed by atoms with van der Waals surface area (Å²) in [5.41, 5.74) is 0.142. The molecule has 0 aliphatic heterocycles. The molecule has 2 rings (SSSR count). The third kappa shape index (κ3) is 2.76. The highest BCUT2D eigenvalue weighted by Gasteiger charge is 2.17. The molecule has 0 aliphatic carbocycles. The summed E-state index contributed by atoms with van der Waals surface area (Å²) in [4.78, 5) is 2.29. The summed E-state index contributed by atoms with van der Waals surface area (Å²) in [5.74, 6) is -0.966. The van der Waals surface area contributed by atoms with Crippen molar-refractivity contribution in [3.63, 3.8) is 0 Å². The summed E-state index contributed by atoms with van der Waals surface area (Å²) in [5, 5.41) is 3.11. The minimum Gasteiger partial charge on any atom is -0.312 e. The zero-order chi connectivity index (χ0) is 13.1. The lowest BCUT2D eigenvalue weighted by Crippen LogP contribution is -2.19. The molecule has 96 valence electrons. The molecule has 0 saturated heterocycles. The molecule has 0 fully saturated rings. The van der Waals surface area contributed by atoms with Crippen LogP contribution >= 0.6 is 11.3 Å². The average molecular weight is 267 g/mol. The molecule has 2 aromatic rings. The zero-order valence-electron chi connectivity index (χ0n) is 10.3. The van der Waals surface area contributed by atoms with Crippen LogP contribution in [-0.2, 0) is 6.42 Å². The Balaban J connectivity index is 2.26.